The third-order valence-electron chi connectivity index (χ3n) is 4.83. The fraction of sp³-hybridized carbons (Fsp3) is 0.933. The molecule has 2 aliphatic rings. The van der Waals surface area contributed by atoms with Crippen LogP contribution in [0.4, 0.5) is 0 Å². The topological polar surface area (TPSA) is 50.4 Å². The van der Waals surface area contributed by atoms with Gasteiger partial charge in [-0.2, -0.15) is 0 Å². The summed E-state index contributed by atoms with van der Waals surface area (Å²) in [5.74, 6) is 1.44. The molecule has 110 valence electrons. The summed E-state index contributed by atoms with van der Waals surface area (Å²) in [5.41, 5.74) is 0. The number of piperidine rings is 1. The lowest BCUT2D eigenvalue weighted by Gasteiger charge is -2.24. The minimum absolute atomic E-state index is 0.0622. The number of ether oxygens (including phenoxy) is 1. The molecule has 2 rings (SSSR count). The molecule has 4 nitrogen and oxygen atoms in total. The zero-order valence-corrected chi connectivity index (χ0v) is 12.3. The lowest BCUT2D eigenvalue weighted by molar-refractivity contribution is -0.129. The van der Waals surface area contributed by atoms with Crippen LogP contribution in [0.3, 0.4) is 0 Å². The van der Waals surface area contributed by atoms with Crippen LogP contribution in [0.2, 0.25) is 0 Å². The van der Waals surface area contributed by atoms with Crippen molar-refractivity contribution in [3.63, 3.8) is 0 Å². The van der Waals surface area contributed by atoms with Gasteiger partial charge in [-0.3, -0.25) is 4.79 Å². The molecule has 19 heavy (non-hydrogen) atoms. The van der Waals surface area contributed by atoms with Crippen molar-refractivity contribution >= 4 is 5.91 Å². The van der Waals surface area contributed by atoms with E-state index in [-0.39, 0.29) is 18.6 Å². The van der Waals surface area contributed by atoms with E-state index in [0.29, 0.717) is 12.0 Å². The molecule has 0 aromatic carbocycles. The number of carbonyl (C=O) groups is 1. The van der Waals surface area contributed by atoms with Crippen LogP contribution in [0.5, 0.6) is 0 Å². The van der Waals surface area contributed by atoms with Gasteiger partial charge in [0.2, 0.25) is 5.91 Å². The lowest BCUT2D eigenvalue weighted by Crippen LogP contribution is -2.41. The van der Waals surface area contributed by atoms with Gasteiger partial charge in [-0.05, 0) is 50.6 Å². The molecule has 0 bridgehead atoms. The largest absolute Gasteiger partial charge is 0.368 e. The van der Waals surface area contributed by atoms with E-state index in [1.54, 1.807) is 0 Å². The number of rotatable bonds is 5. The van der Waals surface area contributed by atoms with Crippen LogP contribution in [0.25, 0.3) is 0 Å². The number of hydrogen-bond acceptors (Lipinski definition) is 3. The Morgan fingerprint density at radius 1 is 1.26 bits per heavy atom. The van der Waals surface area contributed by atoms with Gasteiger partial charge in [0.25, 0.3) is 0 Å². The summed E-state index contributed by atoms with van der Waals surface area (Å²) < 4.78 is 5.69. The molecule has 2 fully saturated rings. The number of hydrogen-bond donors (Lipinski definition) is 2. The highest BCUT2D eigenvalue weighted by Gasteiger charge is 2.32. The minimum Gasteiger partial charge on any atom is -0.368 e. The van der Waals surface area contributed by atoms with Gasteiger partial charge in [0.15, 0.2) is 0 Å². The normalized spacial score (nSPS) is 32.4. The van der Waals surface area contributed by atoms with Gasteiger partial charge in [-0.25, -0.2) is 0 Å². The molecule has 1 amide bonds. The van der Waals surface area contributed by atoms with E-state index in [1.807, 2.05) is 0 Å². The van der Waals surface area contributed by atoms with Crippen molar-refractivity contribution in [1.29, 1.82) is 0 Å². The summed E-state index contributed by atoms with van der Waals surface area (Å²) in [6.07, 6.45) is 5.89. The molecule has 1 aliphatic heterocycles. The molecule has 1 heterocycles. The quantitative estimate of drug-likeness (QED) is 0.798. The molecule has 4 heteroatoms. The number of nitrogens with one attached hydrogen (secondary N) is 2. The average Bonchev–Trinajstić information content (AvgIpc) is 2.78. The molecular weight excluding hydrogens is 240 g/mol. The van der Waals surface area contributed by atoms with Crippen molar-refractivity contribution in [2.75, 3.05) is 19.7 Å². The Labute approximate surface area is 116 Å². The van der Waals surface area contributed by atoms with Crippen LogP contribution in [-0.4, -0.2) is 37.7 Å². The first-order chi connectivity index (χ1) is 9.20. The highest BCUT2D eigenvalue weighted by atomic mass is 16.5. The van der Waals surface area contributed by atoms with E-state index in [9.17, 15) is 4.79 Å². The van der Waals surface area contributed by atoms with Gasteiger partial charge in [-0.1, -0.05) is 20.3 Å². The SMILES string of the molecule is CCC1CCC(NC(=O)COC2CCNCC2)C1C. The fourth-order valence-corrected chi connectivity index (χ4v) is 3.43. The van der Waals surface area contributed by atoms with Gasteiger partial charge in [-0.15, -0.1) is 0 Å². The van der Waals surface area contributed by atoms with Gasteiger partial charge in [0.05, 0.1) is 6.10 Å². The minimum atomic E-state index is 0.0622. The second-order valence-corrected chi connectivity index (χ2v) is 6.04. The molecule has 1 aliphatic carbocycles. The molecule has 0 spiro atoms. The molecule has 0 aromatic heterocycles. The highest BCUT2D eigenvalue weighted by molar-refractivity contribution is 5.77. The van der Waals surface area contributed by atoms with Crippen LogP contribution in [0.15, 0.2) is 0 Å². The molecule has 2 N–H and O–H groups in total. The molecule has 1 saturated carbocycles. The van der Waals surface area contributed by atoms with E-state index in [0.717, 1.165) is 38.3 Å². The smallest absolute Gasteiger partial charge is 0.246 e. The summed E-state index contributed by atoms with van der Waals surface area (Å²) >= 11 is 0. The Kier molecular flexibility index (Phi) is 5.64. The molecule has 0 radical (unpaired) electrons. The maximum absolute atomic E-state index is 11.9. The van der Waals surface area contributed by atoms with Gasteiger partial charge in [0.1, 0.15) is 6.61 Å². The third-order valence-corrected chi connectivity index (χ3v) is 4.83. The summed E-state index contributed by atoms with van der Waals surface area (Å²) in [6, 6.07) is 0.356. The predicted molar refractivity (Wildman–Crippen MR) is 76.0 cm³/mol. The Morgan fingerprint density at radius 3 is 2.63 bits per heavy atom. The Hall–Kier alpha value is -0.610. The Bertz CT molecular complexity index is 290. The van der Waals surface area contributed by atoms with Crippen LogP contribution in [-0.2, 0) is 9.53 Å². The first-order valence-electron chi connectivity index (χ1n) is 7.82. The van der Waals surface area contributed by atoms with Crippen molar-refractivity contribution in [1.82, 2.24) is 10.6 Å². The first kappa shape index (κ1) is 14.8. The number of carbonyl (C=O) groups excluding carboxylic acids is 1. The van der Waals surface area contributed by atoms with Crippen molar-refractivity contribution in [2.24, 2.45) is 11.8 Å². The van der Waals surface area contributed by atoms with E-state index in [1.165, 1.54) is 12.8 Å². The second kappa shape index (κ2) is 7.25. The predicted octanol–water partition coefficient (Wildman–Crippen LogP) is 1.70. The van der Waals surface area contributed by atoms with Crippen LogP contribution in [0, 0.1) is 11.8 Å². The molecule has 3 atom stereocenters. The zero-order valence-electron chi connectivity index (χ0n) is 12.3. The van der Waals surface area contributed by atoms with Crippen LogP contribution >= 0.6 is 0 Å². The fourth-order valence-electron chi connectivity index (χ4n) is 3.43. The maximum atomic E-state index is 11.9. The van der Waals surface area contributed by atoms with E-state index in [4.69, 9.17) is 4.74 Å². The van der Waals surface area contributed by atoms with Crippen molar-refractivity contribution in [2.45, 2.75) is 58.1 Å². The van der Waals surface area contributed by atoms with E-state index < -0.39 is 0 Å². The highest BCUT2D eigenvalue weighted by Crippen LogP contribution is 2.33. The maximum Gasteiger partial charge on any atom is 0.246 e. The third kappa shape index (κ3) is 4.18. The average molecular weight is 268 g/mol. The summed E-state index contributed by atoms with van der Waals surface area (Å²) in [5, 5.41) is 6.45. The van der Waals surface area contributed by atoms with Gasteiger partial charge >= 0.3 is 0 Å². The molecular formula is C15H28N2O2. The van der Waals surface area contributed by atoms with Gasteiger partial charge < -0.3 is 15.4 Å². The molecule has 3 unspecified atom stereocenters. The Morgan fingerprint density at radius 2 is 2.00 bits per heavy atom. The molecule has 0 aromatic rings. The second-order valence-electron chi connectivity index (χ2n) is 6.04. The van der Waals surface area contributed by atoms with Crippen LogP contribution < -0.4 is 10.6 Å². The first-order valence-corrected chi connectivity index (χ1v) is 7.82. The van der Waals surface area contributed by atoms with E-state index >= 15 is 0 Å². The summed E-state index contributed by atoms with van der Waals surface area (Å²) in [7, 11) is 0. The Balaban J connectivity index is 1.66. The summed E-state index contributed by atoms with van der Waals surface area (Å²) in [4.78, 5) is 11.9. The van der Waals surface area contributed by atoms with E-state index in [2.05, 4.69) is 24.5 Å². The number of amides is 1. The molecule has 1 saturated heterocycles. The lowest BCUT2D eigenvalue weighted by atomic mass is 9.93. The standard InChI is InChI=1S/C15H28N2O2/c1-3-12-4-5-14(11(12)2)17-15(18)10-19-13-6-8-16-9-7-13/h11-14,16H,3-10H2,1-2H3,(H,17,18). The monoisotopic (exact) mass is 268 g/mol. The zero-order chi connectivity index (χ0) is 13.7. The summed E-state index contributed by atoms with van der Waals surface area (Å²) in [6.45, 7) is 6.74. The van der Waals surface area contributed by atoms with Crippen LogP contribution in [0.1, 0.15) is 46.0 Å². The van der Waals surface area contributed by atoms with Gasteiger partial charge in [0, 0.05) is 6.04 Å². The van der Waals surface area contributed by atoms with Crippen molar-refractivity contribution in [3.05, 3.63) is 0 Å². The van der Waals surface area contributed by atoms with Crippen molar-refractivity contribution < 1.29 is 9.53 Å². The van der Waals surface area contributed by atoms with Crippen molar-refractivity contribution in [3.8, 4) is 0 Å².